The van der Waals surface area contributed by atoms with Gasteiger partial charge in [0.05, 0.1) is 6.21 Å². The maximum atomic E-state index is 13.3. The number of nitrogens with zero attached hydrogens (tertiary/aromatic N) is 1. The highest BCUT2D eigenvalue weighted by Gasteiger charge is 2.05. The largest absolute Gasteiger partial charge is 0.484 e. The number of aryl methyl sites for hydroxylation is 1. The molecule has 0 spiro atoms. The molecule has 0 heterocycles. The van der Waals surface area contributed by atoms with Gasteiger partial charge < -0.3 is 4.74 Å². The van der Waals surface area contributed by atoms with Crippen LogP contribution in [0.15, 0.2) is 47.6 Å². The molecule has 0 radical (unpaired) electrons. The molecule has 2 rings (SSSR count). The molecule has 0 aliphatic rings. The predicted octanol–water partition coefficient (Wildman–Crippen LogP) is 2.80. The average molecular weight is 304 g/mol. The Hall–Kier alpha value is -2.76. The lowest BCUT2D eigenvalue weighted by molar-refractivity contribution is -0.123. The summed E-state index contributed by atoms with van der Waals surface area (Å²) in [6, 6.07) is 10.9. The van der Waals surface area contributed by atoms with Crippen LogP contribution in [0.25, 0.3) is 0 Å². The fraction of sp³-hybridized carbons (Fsp3) is 0.125. The molecule has 2 aromatic rings. The summed E-state index contributed by atoms with van der Waals surface area (Å²) in [7, 11) is 0. The topological polar surface area (TPSA) is 50.7 Å². The highest BCUT2D eigenvalue weighted by molar-refractivity contribution is 5.83. The van der Waals surface area contributed by atoms with Gasteiger partial charge in [-0.3, -0.25) is 4.79 Å². The Bertz CT molecular complexity index is 702. The molecule has 1 amide bonds. The molecule has 0 aliphatic heterocycles. The summed E-state index contributed by atoms with van der Waals surface area (Å²) in [5.74, 6) is -1.93. The summed E-state index contributed by atoms with van der Waals surface area (Å²) in [5.41, 5.74) is 3.14. The highest BCUT2D eigenvalue weighted by Crippen LogP contribution is 2.12. The van der Waals surface area contributed by atoms with Gasteiger partial charge in [0.15, 0.2) is 18.2 Å². The molecule has 22 heavy (non-hydrogen) atoms. The Morgan fingerprint density at radius 3 is 2.82 bits per heavy atom. The van der Waals surface area contributed by atoms with Gasteiger partial charge >= 0.3 is 0 Å². The zero-order valence-corrected chi connectivity index (χ0v) is 11.8. The van der Waals surface area contributed by atoms with E-state index in [1.807, 2.05) is 19.1 Å². The first-order valence-corrected chi connectivity index (χ1v) is 6.51. The van der Waals surface area contributed by atoms with Crippen LogP contribution in [0.4, 0.5) is 8.78 Å². The van der Waals surface area contributed by atoms with Gasteiger partial charge in [0, 0.05) is 5.56 Å². The smallest absolute Gasteiger partial charge is 0.277 e. The highest BCUT2D eigenvalue weighted by atomic mass is 19.2. The minimum absolute atomic E-state index is 0.0556. The SMILES string of the molecule is Cc1cccc(OCC(=O)N/N=C/c2cccc(F)c2F)c1. The number of hydrogen-bond acceptors (Lipinski definition) is 3. The van der Waals surface area contributed by atoms with Gasteiger partial charge in [0.25, 0.3) is 5.91 Å². The van der Waals surface area contributed by atoms with E-state index in [0.29, 0.717) is 5.75 Å². The number of carbonyl (C=O) groups is 1. The van der Waals surface area contributed by atoms with Crippen molar-refractivity contribution in [1.82, 2.24) is 5.43 Å². The van der Waals surface area contributed by atoms with E-state index in [-0.39, 0.29) is 12.2 Å². The first kappa shape index (κ1) is 15.6. The minimum Gasteiger partial charge on any atom is -0.484 e. The molecule has 0 saturated heterocycles. The number of ether oxygens (including phenoxy) is 1. The van der Waals surface area contributed by atoms with Crippen molar-refractivity contribution >= 4 is 12.1 Å². The van der Waals surface area contributed by atoms with Crippen LogP contribution in [0.2, 0.25) is 0 Å². The van der Waals surface area contributed by atoms with Gasteiger partial charge in [0.2, 0.25) is 0 Å². The van der Waals surface area contributed by atoms with Crippen LogP contribution in [0.5, 0.6) is 5.75 Å². The van der Waals surface area contributed by atoms with Gasteiger partial charge in [-0.15, -0.1) is 0 Å². The van der Waals surface area contributed by atoms with Crippen molar-refractivity contribution in [1.29, 1.82) is 0 Å². The van der Waals surface area contributed by atoms with Crippen molar-refractivity contribution in [2.75, 3.05) is 6.61 Å². The summed E-state index contributed by atoms with van der Waals surface area (Å²) in [4.78, 5) is 11.5. The van der Waals surface area contributed by atoms with Gasteiger partial charge in [0.1, 0.15) is 5.75 Å². The summed E-state index contributed by atoms with van der Waals surface area (Å²) < 4.78 is 31.6. The lowest BCUT2D eigenvalue weighted by atomic mass is 10.2. The minimum atomic E-state index is -1.02. The molecule has 1 N–H and O–H groups in total. The van der Waals surface area contributed by atoms with Crippen molar-refractivity contribution in [3.63, 3.8) is 0 Å². The molecule has 0 unspecified atom stereocenters. The van der Waals surface area contributed by atoms with E-state index in [4.69, 9.17) is 4.74 Å². The van der Waals surface area contributed by atoms with Gasteiger partial charge in [-0.05, 0) is 30.7 Å². The molecule has 0 atom stereocenters. The summed E-state index contributed by atoms with van der Waals surface area (Å²) in [6.07, 6.45) is 1.03. The monoisotopic (exact) mass is 304 g/mol. The summed E-state index contributed by atoms with van der Waals surface area (Å²) in [5, 5.41) is 3.56. The molecule has 6 heteroatoms. The quantitative estimate of drug-likeness (QED) is 0.682. The molecule has 4 nitrogen and oxygen atoms in total. The number of amides is 1. The van der Waals surface area contributed by atoms with E-state index in [1.165, 1.54) is 12.1 Å². The lowest BCUT2D eigenvalue weighted by Crippen LogP contribution is -2.24. The summed E-state index contributed by atoms with van der Waals surface area (Å²) >= 11 is 0. The van der Waals surface area contributed by atoms with Crippen LogP contribution in [0.3, 0.4) is 0 Å². The lowest BCUT2D eigenvalue weighted by Gasteiger charge is -2.05. The Labute approximate surface area is 126 Å². The maximum absolute atomic E-state index is 13.3. The third-order valence-electron chi connectivity index (χ3n) is 2.73. The zero-order chi connectivity index (χ0) is 15.9. The summed E-state index contributed by atoms with van der Waals surface area (Å²) in [6.45, 7) is 1.68. The number of halogens is 2. The number of hydrazone groups is 1. The van der Waals surface area contributed by atoms with Crippen molar-refractivity contribution in [3.8, 4) is 5.75 Å². The Morgan fingerprint density at radius 1 is 1.27 bits per heavy atom. The molecule has 0 aromatic heterocycles. The van der Waals surface area contributed by atoms with Crippen LogP contribution in [-0.4, -0.2) is 18.7 Å². The Morgan fingerprint density at radius 2 is 2.05 bits per heavy atom. The maximum Gasteiger partial charge on any atom is 0.277 e. The second kappa shape index (κ2) is 7.31. The molecule has 0 bridgehead atoms. The molecular formula is C16H14F2N2O2. The first-order chi connectivity index (χ1) is 10.6. The van der Waals surface area contributed by atoms with Crippen LogP contribution in [0.1, 0.15) is 11.1 Å². The van der Waals surface area contributed by atoms with Gasteiger partial charge in [-0.1, -0.05) is 24.3 Å². The van der Waals surface area contributed by atoms with Crippen LogP contribution in [-0.2, 0) is 4.79 Å². The molecule has 0 fully saturated rings. The Balaban J connectivity index is 1.85. The Kier molecular flexibility index (Phi) is 5.19. The number of hydrogen-bond donors (Lipinski definition) is 1. The van der Waals surface area contributed by atoms with E-state index in [0.717, 1.165) is 17.8 Å². The van der Waals surface area contributed by atoms with E-state index >= 15 is 0 Å². The molecule has 114 valence electrons. The fourth-order valence-electron chi connectivity index (χ4n) is 1.68. The van der Waals surface area contributed by atoms with E-state index in [1.54, 1.807) is 12.1 Å². The standard InChI is InChI=1S/C16H14F2N2O2/c1-11-4-2-6-13(8-11)22-10-15(21)20-19-9-12-5-3-7-14(17)16(12)18/h2-9H,10H2,1H3,(H,20,21)/b19-9+. The van der Waals surface area contributed by atoms with E-state index < -0.39 is 17.5 Å². The number of nitrogens with one attached hydrogen (secondary N) is 1. The second-order valence-corrected chi connectivity index (χ2v) is 4.54. The average Bonchev–Trinajstić information content (AvgIpc) is 2.49. The number of carbonyl (C=O) groups excluding carboxylic acids is 1. The molecule has 2 aromatic carbocycles. The fourth-order valence-corrected chi connectivity index (χ4v) is 1.68. The van der Waals surface area contributed by atoms with Crippen molar-refractivity contribution in [2.45, 2.75) is 6.92 Å². The van der Waals surface area contributed by atoms with Gasteiger partial charge in [-0.25, -0.2) is 14.2 Å². The van der Waals surface area contributed by atoms with E-state index in [2.05, 4.69) is 10.5 Å². The molecule has 0 saturated carbocycles. The van der Waals surface area contributed by atoms with Gasteiger partial charge in [-0.2, -0.15) is 5.10 Å². The normalized spacial score (nSPS) is 10.7. The van der Waals surface area contributed by atoms with E-state index in [9.17, 15) is 13.6 Å². The number of rotatable bonds is 5. The number of benzene rings is 2. The van der Waals surface area contributed by atoms with Crippen molar-refractivity contribution in [2.24, 2.45) is 5.10 Å². The first-order valence-electron chi connectivity index (χ1n) is 6.51. The molecular weight excluding hydrogens is 290 g/mol. The second-order valence-electron chi connectivity index (χ2n) is 4.54. The van der Waals surface area contributed by atoms with Crippen LogP contribution < -0.4 is 10.2 Å². The van der Waals surface area contributed by atoms with Crippen molar-refractivity contribution in [3.05, 3.63) is 65.2 Å². The third kappa shape index (κ3) is 4.37. The predicted molar refractivity (Wildman–Crippen MR) is 78.8 cm³/mol. The third-order valence-corrected chi connectivity index (χ3v) is 2.73. The zero-order valence-electron chi connectivity index (χ0n) is 11.8. The molecule has 0 aliphatic carbocycles. The van der Waals surface area contributed by atoms with Crippen LogP contribution >= 0.6 is 0 Å². The van der Waals surface area contributed by atoms with Crippen LogP contribution in [0, 0.1) is 18.6 Å². The van der Waals surface area contributed by atoms with Crippen molar-refractivity contribution < 1.29 is 18.3 Å².